The second-order valence-corrected chi connectivity index (χ2v) is 9.43. The van der Waals surface area contributed by atoms with E-state index in [-0.39, 0.29) is 24.1 Å². The van der Waals surface area contributed by atoms with Crippen LogP contribution in [0.25, 0.3) is 22.0 Å². The Labute approximate surface area is 211 Å². The maximum absolute atomic E-state index is 12.0. The first-order valence-corrected chi connectivity index (χ1v) is 12.6. The fourth-order valence-electron chi connectivity index (χ4n) is 4.86. The van der Waals surface area contributed by atoms with Crippen LogP contribution in [0.5, 0.6) is 0 Å². The molecule has 2 aromatic carbocycles. The van der Waals surface area contributed by atoms with E-state index in [0.717, 1.165) is 35.0 Å². The molecule has 0 aliphatic heterocycles. The summed E-state index contributed by atoms with van der Waals surface area (Å²) in [4.78, 5) is 27.1. The number of hydrogen-bond acceptors (Lipinski definition) is 4. The van der Waals surface area contributed by atoms with E-state index >= 15 is 0 Å². The van der Waals surface area contributed by atoms with E-state index in [1.165, 1.54) is 12.3 Å². The van der Waals surface area contributed by atoms with Gasteiger partial charge in [0.1, 0.15) is 0 Å². The number of carboxylic acids is 1. The Bertz CT molecular complexity index is 1230. The van der Waals surface area contributed by atoms with Crippen molar-refractivity contribution >= 4 is 22.8 Å². The van der Waals surface area contributed by atoms with Gasteiger partial charge >= 0.3 is 5.97 Å². The summed E-state index contributed by atoms with van der Waals surface area (Å²) >= 11 is 0. The Morgan fingerprint density at radius 1 is 1.08 bits per heavy atom. The average Bonchev–Trinajstić information content (AvgIpc) is 3.35. The zero-order valence-electron chi connectivity index (χ0n) is 21.1. The van der Waals surface area contributed by atoms with Crippen LogP contribution in [0.3, 0.4) is 0 Å². The van der Waals surface area contributed by atoms with Gasteiger partial charge in [-0.1, -0.05) is 44.2 Å². The molecular weight excluding hydrogens is 454 g/mol. The van der Waals surface area contributed by atoms with E-state index in [4.69, 9.17) is 4.74 Å². The number of aromatic nitrogens is 1. The summed E-state index contributed by atoms with van der Waals surface area (Å²) in [6.07, 6.45) is 5.02. The molecule has 3 aromatic rings. The molecule has 1 amide bonds. The number of ether oxygens (including phenoxy) is 1. The molecule has 36 heavy (non-hydrogen) atoms. The van der Waals surface area contributed by atoms with Crippen molar-refractivity contribution < 1.29 is 19.4 Å². The predicted octanol–water partition coefficient (Wildman–Crippen LogP) is 4.79. The fraction of sp³-hybridized carbons (Fsp3) is 0.379. The summed E-state index contributed by atoms with van der Waals surface area (Å²) in [5.74, 6) is -1.12. The number of aromatic amines is 1. The molecular formula is C29H35N3O4. The van der Waals surface area contributed by atoms with Gasteiger partial charge in [0.15, 0.2) is 0 Å². The van der Waals surface area contributed by atoms with Gasteiger partial charge in [-0.2, -0.15) is 0 Å². The second-order valence-electron chi connectivity index (χ2n) is 9.43. The minimum atomic E-state index is -0.954. The van der Waals surface area contributed by atoms with Crippen molar-refractivity contribution in [2.75, 3.05) is 0 Å². The van der Waals surface area contributed by atoms with Crippen molar-refractivity contribution in [2.24, 2.45) is 0 Å². The molecule has 0 bridgehead atoms. The quantitative estimate of drug-likeness (QED) is 0.328. The van der Waals surface area contributed by atoms with Crippen LogP contribution >= 0.6 is 0 Å². The summed E-state index contributed by atoms with van der Waals surface area (Å²) in [5, 5.41) is 17.4. The molecule has 0 fully saturated rings. The molecule has 1 heterocycles. The predicted molar refractivity (Wildman–Crippen MR) is 142 cm³/mol. The van der Waals surface area contributed by atoms with E-state index < -0.39 is 12.1 Å². The van der Waals surface area contributed by atoms with Crippen LogP contribution in [-0.4, -0.2) is 46.3 Å². The molecule has 1 aliphatic carbocycles. The van der Waals surface area contributed by atoms with E-state index in [9.17, 15) is 14.7 Å². The van der Waals surface area contributed by atoms with Crippen LogP contribution in [0.1, 0.15) is 45.6 Å². The standard InChI is InChI=1S/C29H35N3O4/c1-4-24(5-2)36-27-16-23(29(34)35)15-26(28(27)32-18(3)33)31-17-19-6-8-20(9-7-19)21-10-11-25-22(14-21)12-13-30-25/h6-14,16,24,26-28,30-31H,4-5,15,17H2,1-3H3,(H,32,33)(H,34,35)/t26-,27+,28+/m0/s1. The SMILES string of the molecule is CCC(CC)O[C@@H]1C=C(C(=O)O)C[C@H](NCc2ccc(-c3ccc4[nH]ccc4c3)cc2)[C@H]1NC(C)=O. The van der Waals surface area contributed by atoms with Crippen molar-refractivity contribution in [3.8, 4) is 11.1 Å². The van der Waals surface area contributed by atoms with Crippen molar-refractivity contribution in [1.82, 2.24) is 15.6 Å². The van der Waals surface area contributed by atoms with Gasteiger partial charge in [0.2, 0.25) is 5.91 Å². The third-order valence-electron chi connectivity index (χ3n) is 6.91. The van der Waals surface area contributed by atoms with Gasteiger partial charge in [-0.05, 0) is 65.6 Å². The Hall–Kier alpha value is -3.42. The highest BCUT2D eigenvalue weighted by molar-refractivity contribution is 5.87. The number of carbonyl (C=O) groups is 2. The van der Waals surface area contributed by atoms with Crippen molar-refractivity contribution in [2.45, 2.75) is 70.9 Å². The fourth-order valence-corrected chi connectivity index (χ4v) is 4.86. The van der Waals surface area contributed by atoms with Crippen molar-refractivity contribution in [3.63, 3.8) is 0 Å². The van der Waals surface area contributed by atoms with Gasteiger partial charge in [0.25, 0.3) is 0 Å². The number of aliphatic carboxylic acids is 1. The summed E-state index contributed by atoms with van der Waals surface area (Å²) in [5.41, 5.74) is 4.78. The lowest BCUT2D eigenvalue weighted by molar-refractivity contribution is -0.133. The van der Waals surface area contributed by atoms with Crippen LogP contribution in [0.4, 0.5) is 0 Å². The molecule has 4 N–H and O–H groups in total. The maximum Gasteiger partial charge on any atom is 0.331 e. The monoisotopic (exact) mass is 489 g/mol. The summed E-state index contributed by atoms with van der Waals surface area (Å²) < 4.78 is 6.26. The topological polar surface area (TPSA) is 103 Å². The number of H-pyrrole nitrogens is 1. The molecule has 0 unspecified atom stereocenters. The summed E-state index contributed by atoms with van der Waals surface area (Å²) in [6.45, 7) is 6.11. The highest BCUT2D eigenvalue weighted by Crippen LogP contribution is 2.26. The third kappa shape index (κ3) is 6.04. The Balaban J connectivity index is 1.49. The van der Waals surface area contributed by atoms with Gasteiger partial charge in [-0.3, -0.25) is 4.79 Å². The number of fused-ring (bicyclic) bond motifs is 1. The maximum atomic E-state index is 12.0. The van der Waals surface area contributed by atoms with Crippen molar-refractivity contribution in [3.05, 3.63) is 71.9 Å². The van der Waals surface area contributed by atoms with Crippen LogP contribution in [0.2, 0.25) is 0 Å². The minimum absolute atomic E-state index is 0.00524. The molecule has 190 valence electrons. The summed E-state index contributed by atoms with van der Waals surface area (Å²) in [6, 6.07) is 16.1. The number of hydrogen-bond donors (Lipinski definition) is 4. The highest BCUT2D eigenvalue weighted by Gasteiger charge is 2.37. The lowest BCUT2D eigenvalue weighted by atomic mass is 9.87. The minimum Gasteiger partial charge on any atom is -0.478 e. The molecule has 0 radical (unpaired) electrons. The average molecular weight is 490 g/mol. The summed E-state index contributed by atoms with van der Waals surface area (Å²) in [7, 11) is 0. The number of nitrogens with one attached hydrogen (secondary N) is 3. The Kier molecular flexibility index (Phi) is 8.23. The van der Waals surface area contributed by atoms with Gasteiger partial charge in [-0.25, -0.2) is 4.79 Å². The number of benzene rings is 2. The van der Waals surface area contributed by atoms with Gasteiger partial charge in [0, 0.05) is 36.8 Å². The molecule has 0 saturated carbocycles. The Morgan fingerprint density at radius 3 is 2.47 bits per heavy atom. The third-order valence-corrected chi connectivity index (χ3v) is 6.91. The zero-order chi connectivity index (χ0) is 25.7. The normalized spacial score (nSPS) is 19.9. The first kappa shape index (κ1) is 25.7. The first-order valence-electron chi connectivity index (χ1n) is 12.6. The first-order chi connectivity index (χ1) is 17.4. The van der Waals surface area contributed by atoms with E-state index in [2.05, 4.69) is 64.1 Å². The van der Waals surface area contributed by atoms with Gasteiger partial charge in [0.05, 0.1) is 18.2 Å². The van der Waals surface area contributed by atoms with Gasteiger partial charge in [-0.15, -0.1) is 0 Å². The second kappa shape index (κ2) is 11.5. The molecule has 1 aliphatic rings. The molecule has 0 spiro atoms. The lowest BCUT2D eigenvalue weighted by Crippen LogP contribution is -2.58. The molecule has 3 atom stereocenters. The molecule has 7 nitrogen and oxygen atoms in total. The number of rotatable bonds is 10. The van der Waals surface area contributed by atoms with Gasteiger partial charge < -0.3 is 25.5 Å². The number of carboxylic acid groups (broad SMARTS) is 1. The smallest absolute Gasteiger partial charge is 0.331 e. The van der Waals surface area contributed by atoms with Crippen LogP contribution in [0.15, 0.2) is 66.4 Å². The largest absolute Gasteiger partial charge is 0.478 e. The van der Waals surface area contributed by atoms with Crippen LogP contribution in [-0.2, 0) is 20.9 Å². The van der Waals surface area contributed by atoms with E-state index in [0.29, 0.717) is 18.5 Å². The number of carbonyl (C=O) groups excluding carboxylic acids is 1. The lowest BCUT2D eigenvalue weighted by Gasteiger charge is -2.38. The molecule has 1 aromatic heterocycles. The molecule has 7 heteroatoms. The Morgan fingerprint density at radius 2 is 1.81 bits per heavy atom. The van der Waals surface area contributed by atoms with Crippen molar-refractivity contribution in [1.29, 1.82) is 0 Å². The van der Waals surface area contributed by atoms with Crippen LogP contribution < -0.4 is 10.6 Å². The number of amides is 1. The highest BCUT2D eigenvalue weighted by atomic mass is 16.5. The van der Waals surface area contributed by atoms with E-state index in [1.54, 1.807) is 6.08 Å². The zero-order valence-corrected chi connectivity index (χ0v) is 21.1. The molecule has 0 saturated heterocycles. The van der Waals surface area contributed by atoms with Crippen LogP contribution in [0, 0.1) is 0 Å². The van der Waals surface area contributed by atoms with E-state index in [1.807, 2.05) is 20.0 Å². The molecule has 4 rings (SSSR count).